The summed E-state index contributed by atoms with van der Waals surface area (Å²) in [6.07, 6.45) is 0.868. The Morgan fingerprint density at radius 3 is 2.63 bits per heavy atom. The highest BCUT2D eigenvalue weighted by Gasteiger charge is 2.17. The fraction of sp³-hybridized carbons (Fsp3) is 0.400. The summed E-state index contributed by atoms with van der Waals surface area (Å²) in [6, 6.07) is 6.78. The number of aryl methyl sites for hydroxylation is 1. The lowest BCUT2D eigenvalue weighted by Gasteiger charge is -2.10. The second-order valence-corrected chi connectivity index (χ2v) is 4.85. The number of benzene rings is 1. The van der Waals surface area contributed by atoms with Crippen LogP contribution in [0.25, 0.3) is 0 Å². The fourth-order valence-electron chi connectivity index (χ4n) is 2.39. The van der Waals surface area contributed by atoms with Crippen molar-refractivity contribution in [2.45, 2.75) is 39.8 Å². The Balaban J connectivity index is 2.35. The molecule has 1 unspecified atom stereocenters. The molecule has 19 heavy (non-hydrogen) atoms. The maximum Gasteiger partial charge on any atom is 0.128 e. The van der Waals surface area contributed by atoms with Gasteiger partial charge >= 0.3 is 0 Å². The molecule has 0 aliphatic heterocycles. The van der Waals surface area contributed by atoms with Gasteiger partial charge in [-0.3, -0.25) is 4.68 Å². The molecule has 0 spiro atoms. The second-order valence-electron chi connectivity index (χ2n) is 4.85. The largest absolute Gasteiger partial charge is 0.324 e. The standard InChI is InChI=1S/C15H20FN3/c1-4-14(17)15-10(2)18-19(11(15)3)9-12-7-5-6-8-13(12)16/h5-8,14H,4,9,17H2,1-3H3. The molecule has 2 N–H and O–H groups in total. The van der Waals surface area contributed by atoms with Crippen LogP contribution in [0.3, 0.4) is 0 Å². The van der Waals surface area contributed by atoms with Gasteiger partial charge in [-0.2, -0.15) is 5.10 Å². The van der Waals surface area contributed by atoms with Gasteiger partial charge in [0.25, 0.3) is 0 Å². The zero-order valence-corrected chi connectivity index (χ0v) is 11.7. The molecule has 0 bridgehead atoms. The van der Waals surface area contributed by atoms with Gasteiger partial charge in [0.05, 0.1) is 12.2 Å². The third-order valence-corrected chi connectivity index (χ3v) is 3.53. The molecule has 1 aromatic carbocycles. The third-order valence-electron chi connectivity index (χ3n) is 3.53. The molecule has 0 saturated heterocycles. The average molecular weight is 261 g/mol. The van der Waals surface area contributed by atoms with Crippen LogP contribution in [0.2, 0.25) is 0 Å². The van der Waals surface area contributed by atoms with Gasteiger partial charge in [0.15, 0.2) is 0 Å². The zero-order chi connectivity index (χ0) is 14.0. The van der Waals surface area contributed by atoms with Crippen LogP contribution in [0.5, 0.6) is 0 Å². The molecule has 1 heterocycles. The van der Waals surface area contributed by atoms with E-state index >= 15 is 0 Å². The maximum atomic E-state index is 13.7. The van der Waals surface area contributed by atoms with Crippen molar-refractivity contribution in [2.75, 3.05) is 0 Å². The first-order valence-corrected chi connectivity index (χ1v) is 6.57. The Hall–Kier alpha value is -1.68. The van der Waals surface area contributed by atoms with E-state index in [4.69, 9.17) is 5.73 Å². The minimum Gasteiger partial charge on any atom is -0.324 e. The SMILES string of the molecule is CCC(N)c1c(C)nn(Cc2ccccc2F)c1C. The second kappa shape index (κ2) is 5.53. The molecule has 0 radical (unpaired) electrons. The van der Waals surface area contributed by atoms with Gasteiger partial charge in [0, 0.05) is 22.9 Å². The number of hydrogen-bond donors (Lipinski definition) is 1. The minimum atomic E-state index is -0.198. The fourth-order valence-corrected chi connectivity index (χ4v) is 2.39. The zero-order valence-electron chi connectivity index (χ0n) is 11.7. The summed E-state index contributed by atoms with van der Waals surface area (Å²) in [7, 11) is 0. The van der Waals surface area contributed by atoms with E-state index < -0.39 is 0 Å². The van der Waals surface area contributed by atoms with Crippen LogP contribution in [0.15, 0.2) is 24.3 Å². The summed E-state index contributed by atoms with van der Waals surface area (Å²) >= 11 is 0. The lowest BCUT2D eigenvalue weighted by atomic mass is 10.0. The van der Waals surface area contributed by atoms with Crippen LogP contribution in [0.4, 0.5) is 4.39 Å². The van der Waals surface area contributed by atoms with Crippen molar-refractivity contribution in [3.05, 3.63) is 52.6 Å². The molecule has 0 aliphatic carbocycles. The van der Waals surface area contributed by atoms with Gasteiger partial charge in [0.1, 0.15) is 5.82 Å². The van der Waals surface area contributed by atoms with E-state index in [0.29, 0.717) is 12.1 Å². The molecule has 1 aromatic heterocycles. The number of aromatic nitrogens is 2. The topological polar surface area (TPSA) is 43.8 Å². The minimum absolute atomic E-state index is 0.00521. The summed E-state index contributed by atoms with van der Waals surface area (Å²) in [5, 5.41) is 4.49. The predicted octanol–water partition coefficient (Wildman–Crippen LogP) is 3.10. The Morgan fingerprint density at radius 1 is 1.32 bits per heavy atom. The molecule has 0 aliphatic rings. The lowest BCUT2D eigenvalue weighted by Crippen LogP contribution is -2.11. The number of nitrogens with zero attached hydrogens (tertiary/aromatic N) is 2. The molecule has 4 heteroatoms. The summed E-state index contributed by atoms with van der Waals surface area (Å²) in [5.41, 5.74) is 9.79. The van der Waals surface area contributed by atoms with E-state index in [-0.39, 0.29) is 11.9 Å². The highest BCUT2D eigenvalue weighted by Crippen LogP contribution is 2.23. The summed E-state index contributed by atoms with van der Waals surface area (Å²) in [6.45, 7) is 6.44. The highest BCUT2D eigenvalue weighted by molar-refractivity contribution is 5.29. The van der Waals surface area contributed by atoms with Gasteiger partial charge in [-0.15, -0.1) is 0 Å². The van der Waals surface area contributed by atoms with Crippen LogP contribution in [0.1, 0.15) is 41.9 Å². The monoisotopic (exact) mass is 261 g/mol. The van der Waals surface area contributed by atoms with Crippen molar-refractivity contribution < 1.29 is 4.39 Å². The normalized spacial score (nSPS) is 12.7. The Labute approximate surface area is 113 Å². The molecule has 102 valence electrons. The van der Waals surface area contributed by atoms with Crippen molar-refractivity contribution in [2.24, 2.45) is 5.73 Å². The van der Waals surface area contributed by atoms with E-state index in [1.54, 1.807) is 12.1 Å². The smallest absolute Gasteiger partial charge is 0.128 e. The van der Waals surface area contributed by atoms with Gasteiger partial charge in [-0.25, -0.2) is 4.39 Å². The van der Waals surface area contributed by atoms with E-state index in [2.05, 4.69) is 12.0 Å². The highest BCUT2D eigenvalue weighted by atomic mass is 19.1. The third kappa shape index (κ3) is 2.68. The molecule has 1 atom stereocenters. The van der Waals surface area contributed by atoms with Crippen molar-refractivity contribution in [1.29, 1.82) is 0 Å². The number of nitrogens with two attached hydrogens (primary N) is 1. The molecule has 3 nitrogen and oxygen atoms in total. The Morgan fingerprint density at radius 2 is 2.00 bits per heavy atom. The van der Waals surface area contributed by atoms with Crippen LogP contribution in [0, 0.1) is 19.7 Å². The summed E-state index contributed by atoms with van der Waals surface area (Å²) < 4.78 is 15.5. The molecule has 0 saturated carbocycles. The van der Waals surface area contributed by atoms with Crippen LogP contribution >= 0.6 is 0 Å². The van der Waals surface area contributed by atoms with E-state index in [1.807, 2.05) is 24.6 Å². The van der Waals surface area contributed by atoms with Crippen LogP contribution in [-0.4, -0.2) is 9.78 Å². The van der Waals surface area contributed by atoms with Gasteiger partial charge in [-0.1, -0.05) is 25.1 Å². The first-order valence-electron chi connectivity index (χ1n) is 6.57. The van der Waals surface area contributed by atoms with Crippen molar-refractivity contribution in [1.82, 2.24) is 9.78 Å². The van der Waals surface area contributed by atoms with E-state index in [1.165, 1.54) is 6.07 Å². The molecule has 0 amide bonds. The number of halogens is 1. The summed E-state index contributed by atoms with van der Waals surface area (Å²) in [4.78, 5) is 0. The molecule has 2 aromatic rings. The number of hydrogen-bond acceptors (Lipinski definition) is 2. The molecular formula is C15H20FN3. The van der Waals surface area contributed by atoms with E-state index in [0.717, 1.165) is 23.4 Å². The van der Waals surface area contributed by atoms with Gasteiger partial charge in [-0.05, 0) is 26.3 Å². The maximum absolute atomic E-state index is 13.7. The van der Waals surface area contributed by atoms with Gasteiger partial charge in [0.2, 0.25) is 0 Å². The molecule has 2 rings (SSSR count). The average Bonchev–Trinajstić information content (AvgIpc) is 2.66. The Kier molecular flexibility index (Phi) is 4.00. The van der Waals surface area contributed by atoms with Gasteiger partial charge < -0.3 is 5.73 Å². The Bertz CT molecular complexity index is 575. The predicted molar refractivity (Wildman–Crippen MR) is 74.4 cm³/mol. The van der Waals surface area contributed by atoms with Crippen LogP contribution in [-0.2, 0) is 6.54 Å². The van der Waals surface area contributed by atoms with Crippen molar-refractivity contribution >= 4 is 0 Å². The van der Waals surface area contributed by atoms with Crippen molar-refractivity contribution in [3.8, 4) is 0 Å². The first kappa shape index (κ1) is 13.7. The number of rotatable bonds is 4. The molecular weight excluding hydrogens is 241 g/mol. The quantitative estimate of drug-likeness (QED) is 0.919. The van der Waals surface area contributed by atoms with Crippen LogP contribution < -0.4 is 5.73 Å². The van der Waals surface area contributed by atoms with Crippen molar-refractivity contribution in [3.63, 3.8) is 0 Å². The molecule has 0 fully saturated rings. The summed E-state index contributed by atoms with van der Waals surface area (Å²) in [5.74, 6) is -0.198. The first-order chi connectivity index (χ1) is 9.04. The van der Waals surface area contributed by atoms with E-state index in [9.17, 15) is 4.39 Å². The lowest BCUT2D eigenvalue weighted by molar-refractivity contribution is 0.577.